The van der Waals surface area contributed by atoms with Crippen LogP contribution >= 0.6 is 0 Å². The van der Waals surface area contributed by atoms with Gasteiger partial charge in [0.15, 0.2) is 0 Å². The molecule has 0 radical (unpaired) electrons. The van der Waals surface area contributed by atoms with Gasteiger partial charge in [-0.2, -0.15) is 0 Å². The Labute approximate surface area is 101 Å². The third kappa shape index (κ3) is 2.58. The predicted molar refractivity (Wildman–Crippen MR) is 67.1 cm³/mol. The van der Waals surface area contributed by atoms with Gasteiger partial charge in [-0.3, -0.25) is 4.79 Å². The standard InChI is InChI=1S/C13H18N2O2/c1-2-9(8-14)13(16)15-11-3-4-12-10(7-11)5-6-17-12/h3-4,7,9H,2,5-6,8,14H2,1H3,(H,15,16). The second-order valence-corrected chi connectivity index (χ2v) is 4.25. The molecule has 0 fully saturated rings. The third-order valence-electron chi connectivity index (χ3n) is 3.11. The molecule has 1 aromatic carbocycles. The van der Waals surface area contributed by atoms with Gasteiger partial charge in [0, 0.05) is 18.7 Å². The van der Waals surface area contributed by atoms with Crippen LogP contribution in [0.5, 0.6) is 5.75 Å². The van der Waals surface area contributed by atoms with Gasteiger partial charge in [0.2, 0.25) is 5.91 Å². The van der Waals surface area contributed by atoms with E-state index in [4.69, 9.17) is 10.5 Å². The lowest BCUT2D eigenvalue weighted by Gasteiger charge is -2.13. The molecule has 1 unspecified atom stereocenters. The monoisotopic (exact) mass is 234 g/mol. The molecule has 17 heavy (non-hydrogen) atoms. The number of anilines is 1. The zero-order chi connectivity index (χ0) is 12.3. The topological polar surface area (TPSA) is 64.4 Å². The number of ether oxygens (including phenoxy) is 1. The third-order valence-corrected chi connectivity index (χ3v) is 3.11. The first kappa shape index (κ1) is 11.9. The maximum atomic E-state index is 11.9. The summed E-state index contributed by atoms with van der Waals surface area (Å²) < 4.78 is 5.42. The van der Waals surface area contributed by atoms with Crippen molar-refractivity contribution in [1.82, 2.24) is 0 Å². The molecule has 0 bridgehead atoms. The van der Waals surface area contributed by atoms with Gasteiger partial charge in [0.05, 0.1) is 12.5 Å². The second kappa shape index (κ2) is 5.19. The number of amides is 1. The van der Waals surface area contributed by atoms with Gasteiger partial charge in [0.1, 0.15) is 5.75 Å². The van der Waals surface area contributed by atoms with Crippen LogP contribution in [0.15, 0.2) is 18.2 Å². The molecule has 0 spiro atoms. The van der Waals surface area contributed by atoms with Crippen LogP contribution in [0.2, 0.25) is 0 Å². The molecule has 1 atom stereocenters. The van der Waals surface area contributed by atoms with Crippen molar-refractivity contribution in [2.75, 3.05) is 18.5 Å². The van der Waals surface area contributed by atoms with Crippen molar-refractivity contribution in [2.45, 2.75) is 19.8 Å². The van der Waals surface area contributed by atoms with E-state index in [0.29, 0.717) is 6.54 Å². The summed E-state index contributed by atoms with van der Waals surface area (Å²) in [6.45, 7) is 3.08. The summed E-state index contributed by atoms with van der Waals surface area (Å²) in [7, 11) is 0. The lowest BCUT2D eigenvalue weighted by Crippen LogP contribution is -2.28. The summed E-state index contributed by atoms with van der Waals surface area (Å²) in [5, 5.41) is 2.90. The van der Waals surface area contributed by atoms with E-state index in [9.17, 15) is 4.79 Å². The Kier molecular flexibility index (Phi) is 3.64. The highest BCUT2D eigenvalue weighted by Crippen LogP contribution is 2.28. The van der Waals surface area contributed by atoms with Gasteiger partial charge in [0.25, 0.3) is 0 Å². The maximum absolute atomic E-state index is 11.9. The quantitative estimate of drug-likeness (QED) is 0.830. The van der Waals surface area contributed by atoms with E-state index in [1.165, 1.54) is 0 Å². The Hall–Kier alpha value is -1.55. The minimum absolute atomic E-state index is 0.00568. The average Bonchev–Trinajstić information content (AvgIpc) is 2.77. The van der Waals surface area contributed by atoms with Crippen molar-refractivity contribution in [3.63, 3.8) is 0 Å². The Bertz CT molecular complexity index is 414. The van der Waals surface area contributed by atoms with Crippen LogP contribution in [-0.2, 0) is 11.2 Å². The zero-order valence-corrected chi connectivity index (χ0v) is 10.0. The van der Waals surface area contributed by atoms with Crippen LogP contribution < -0.4 is 15.8 Å². The molecule has 0 aromatic heterocycles. The van der Waals surface area contributed by atoms with Crippen LogP contribution in [0.1, 0.15) is 18.9 Å². The van der Waals surface area contributed by atoms with E-state index >= 15 is 0 Å². The lowest BCUT2D eigenvalue weighted by molar-refractivity contribution is -0.119. The Balaban J connectivity index is 2.06. The van der Waals surface area contributed by atoms with Crippen LogP contribution in [-0.4, -0.2) is 19.1 Å². The number of fused-ring (bicyclic) bond motifs is 1. The molecule has 0 aliphatic carbocycles. The summed E-state index contributed by atoms with van der Waals surface area (Å²) in [6.07, 6.45) is 1.67. The predicted octanol–water partition coefficient (Wildman–Crippen LogP) is 1.54. The van der Waals surface area contributed by atoms with Crippen molar-refractivity contribution in [1.29, 1.82) is 0 Å². The number of benzene rings is 1. The molecule has 1 aliphatic heterocycles. The minimum atomic E-state index is -0.112. The smallest absolute Gasteiger partial charge is 0.228 e. The van der Waals surface area contributed by atoms with E-state index in [1.54, 1.807) is 0 Å². The fourth-order valence-electron chi connectivity index (χ4n) is 1.97. The normalized spacial score (nSPS) is 14.9. The summed E-state index contributed by atoms with van der Waals surface area (Å²) in [5.74, 6) is 0.808. The fraction of sp³-hybridized carbons (Fsp3) is 0.462. The van der Waals surface area contributed by atoms with Crippen LogP contribution in [0.4, 0.5) is 5.69 Å². The lowest BCUT2D eigenvalue weighted by atomic mass is 10.1. The van der Waals surface area contributed by atoms with Gasteiger partial charge in [-0.25, -0.2) is 0 Å². The number of hydrogen-bond acceptors (Lipinski definition) is 3. The average molecular weight is 234 g/mol. The highest BCUT2D eigenvalue weighted by Gasteiger charge is 2.16. The molecule has 2 rings (SSSR count). The first-order valence-electron chi connectivity index (χ1n) is 6.01. The molecule has 1 aliphatic rings. The molecule has 3 N–H and O–H groups in total. The summed E-state index contributed by atoms with van der Waals surface area (Å²) >= 11 is 0. The SMILES string of the molecule is CCC(CN)C(=O)Nc1ccc2c(c1)CCO2. The molecular formula is C13H18N2O2. The maximum Gasteiger partial charge on any atom is 0.228 e. The Morgan fingerprint density at radius 1 is 1.59 bits per heavy atom. The minimum Gasteiger partial charge on any atom is -0.493 e. The van der Waals surface area contributed by atoms with Crippen LogP contribution in [0.25, 0.3) is 0 Å². The highest BCUT2D eigenvalue weighted by atomic mass is 16.5. The molecule has 4 heteroatoms. The van der Waals surface area contributed by atoms with E-state index in [1.807, 2.05) is 25.1 Å². The summed E-state index contributed by atoms with van der Waals surface area (Å²) in [4.78, 5) is 11.9. The van der Waals surface area contributed by atoms with Gasteiger partial charge >= 0.3 is 0 Å². The van der Waals surface area contributed by atoms with Crippen LogP contribution in [0, 0.1) is 5.92 Å². The molecular weight excluding hydrogens is 216 g/mol. The van der Waals surface area contributed by atoms with E-state index < -0.39 is 0 Å². The van der Waals surface area contributed by atoms with Crippen molar-refractivity contribution in [3.8, 4) is 5.75 Å². The summed E-state index contributed by atoms with van der Waals surface area (Å²) in [6, 6.07) is 5.75. The molecule has 1 aromatic rings. The molecule has 4 nitrogen and oxygen atoms in total. The van der Waals surface area contributed by atoms with Crippen molar-refractivity contribution < 1.29 is 9.53 Å². The Morgan fingerprint density at radius 3 is 3.12 bits per heavy atom. The van der Waals surface area contributed by atoms with Gasteiger partial charge < -0.3 is 15.8 Å². The zero-order valence-electron chi connectivity index (χ0n) is 10.0. The van der Waals surface area contributed by atoms with Gasteiger partial charge in [-0.1, -0.05) is 6.92 Å². The van der Waals surface area contributed by atoms with E-state index in [2.05, 4.69) is 5.32 Å². The van der Waals surface area contributed by atoms with Crippen LogP contribution in [0.3, 0.4) is 0 Å². The first-order valence-corrected chi connectivity index (χ1v) is 6.01. The Morgan fingerprint density at radius 2 is 2.41 bits per heavy atom. The van der Waals surface area contributed by atoms with E-state index in [0.717, 1.165) is 36.4 Å². The molecule has 92 valence electrons. The number of hydrogen-bond donors (Lipinski definition) is 2. The summed E-state index contributed by atoms with van der Waals surface area (Å²) in [5.41, 5.74) is 7.53. The van der Waals surface area contributed by atoms with E-state index in [-0.39, 0.29) is 11.8 Å². The molecule has 0 saturated heterocycles. The number of nitrogens with one attached hydrogen (secondary N) is 1. The largest absolute Gasteiger partial charge is 0.493 e. The first-order chi connectivity index (χ1) is 8.24. The second-order valence-electron chi connectivity index (χ2n) is 4.25. The van der Waals surface area contributed by atoms with Crippen molar-refractivity contribution in [3.05, 3.63) is 23.8 Å². The molecule has 1 amide bonds. The number of rotatable bonds is 4. The number of nitrogens with two attached hydrogens (primary N) is 1. The van der Waals surface area contributed by atoms with Crippen molar-refractivity contribution >= 4 is 11.6 Å². The van der Waals surface area contributed by atoms with Gasteiger partial charge in [-0.15, -0.1) is 0 Å². The van der Waals surface area contributed by atoms with Gasteiger partial charge in [-0.05, 0) is 30.2 Å². The number of carbonyl (C=O) groups excluding carboxylic acids is 1. The molecule has 0 saturated carbocycles. The molecule has 1 heterocycles. The van der Waals surface area contributed by atoms with Crippen molar-refractivity contribution in [2.24, 2.45) is 11.7 Å². The number of carbonyl (C=O) groups is 1. The highest BCUT2D eigenvalue weighted by molar-refractivity contribution is 5.92. The fourth-order valence-corrected chi connectivity index (χ4v) is 1.97.